The van der Waals surface area contributed by atoms with Gasteiger partial charge in [0, 0.05) is 22.1 Å². The first-order valence-corrected chi connectivity index (χ1v) is 7.69. The summed E-state index contributed by atoms with van der Waals surface area (Å²) in [6.07, 6.45) is -0.280. The van der Waals surface area contributed by atoms with Crippen LogP contribution in [-0.4, -0.2) is 40.5 Å². The number of halogens is 2. The molecule has 1 amide bonds. The topological polar surface area (TPSA) is 53.4 Å². The first kappa shape index (κ1) is 13.7. The Labute approximate surface area is 124 Å². The fraction of sp³-hybridized carbons (Fsp3) is 0.385. The van der Waals surface area contributed by atoms with Crippen LogP contribution < -0.4 is 0 Å². The second-order valence-corrected chi connectivity index (χ2v) is 6.19. The van der Waals surface area contributed by atoms with E-state index in [2.05, 4.69) is 0 Å². The van der Waals surface area contributed by atoms with E-state index >= 15 is 0 Å². The quantitative estimate of drug-likeness (QED) is 0.911. The molecule has 4 nitrogen and oxygen atoms in total. The first-order valence-electron chi connectivity index (χ1n) is 6.16. The molecule has 0 bridgehead atoms. The molecule has 0 spiro atoms. The standard InChI is InChI=1S/C13H12ClFN2O2S/c14-8-2-1-3-9(15)7(8)4-12(18)17-10-5-20-6-11(10)19-13(17)16/h1-3,10-11,16H,4-6H2/t10-,11+/m1/s1. The minimum Gasteiger partial charge on any atom is -0.459 e. The van der Waals surface area contributed by atoms with Crippen LogP contribution in [0, 0.1) is 11.2 Å². The van der Waals surface area contributed by atoms with E-state index in [1.54, 1.807) is 17.8 Å². The van der Waals surface area contributed by atoms with E-state index < -0.39 is 5.82 Å². The second kappa shape index (κ2) is 5.26. The summed E-state index contributed by atoms with van der Waals surface area (Å²) in [5.74, 6) is 0.660. The van der Waals surface area contributed by atoms with Crippen molar-refractivity contribution >= 4 is 35.3 Å². The molecule has 0 radical (unpaired) electrons. The van der Waals surface area contributed by atoms with Crippen molar-refractivity contribution in [3.8, 4) is 0 Å². The van der Waals surface area contributed by atoms with Gasteiger partial charge in [0.05, 0.1) is 12.5 Å². The van der Waals surface area contributed by atoms with Crippen molar-refractivity contribution in [2.75, 3.05) is 11.5 Å². The Morgan fingerprint density at radius 1 is 1.55 bits per heavy atom. The zero-order valence-electron chi connectivity index (χ0n) is 10.4. The van der Waals surface area contributed by atoms with Gasteiger partial charge in [0.25, 0.3) is 6.02 Å². The molecule has 0 unspecified atom stereocenters. The van der Waals surface area contributed by atoms with Crippen molar-refractivity contribution in [1.29, 1.82) is 5.41 Å². The van der Waals surface area contributed by atoms with Crippen LogP contribution in [-0.2, 0) is 16.0 Å². The molecule has 2 aliphatic heterocycles. The number of carbonyl (C=O) groups is 1. The molecule has 20 heavy (non-hydrogen) atoms. The van der Waals surface area contributed by atoms with Crippen LogP contribution in [0.3, 0.4) is 0 Å². The smallest absolute Gasteiger partial charge is 0.292 e. The molecule has 1 aromatic rings. The van der Waals surface area contributed by atoms with E-state index in [0.717, 1.165) is 11.5 Å². The molecule has 1 aromatic carbocycles. The van der Waals surface area contributed by atoms with E-state index in [1.807, 2.05) is 0 Å². The van der Waals surface area contributed by atoms with Crippen LogP contribution in [0.5, 0.6) is 0 Å². The maximum atomic E-state index is 13.7. The number of ether oxygens (including phenoxy) is 1. The van der Waals surface area contributed by atoms with Gasteiger partial charge >= 0.3 is 0 Å². The fourth-order valence-electron chi connectivity index (χ4n) is 2.46. The summed E-state index contributed by atoms with van der Waals surface area (Å²) in [5, 5.41) is 7.98. The molecule has 0 aliphatic carbocycles. The van der Waals surface area contributed by atoms with Gasteiger partial charge in [-0.3, -0.25) is 15.1 Å². The maximum absolute atomic E-state index is 13.7. The lowest BCUT2D eigenvalue weighted by molar-refractivity contribution is -0.127. The summed E-state index contributed by atoms with van der Waals surface area (Å²) < 4.78 is 19.1. The molecular weight excluding hydrogens is 303 g/mol. The Balaban J connectivity index is 1.81. The number of carbonyl (C=O) groups excluding carboxylic acids is 1. The number of amides is 1. The predicted molar refractivity (Wildman–Crippen MR) is 75.7 cm³/mol. The average Bonchev–Trinajstić information content (AvgIpc) is 2.93. The number of nitrogens with zero attached hydrogens (tertiary/aromatic N) is 1. The lowest BCUT2D eigenvalue weighted by Gasteiger charge is -2.19. The van der Waals surface area contributed by atoms with Gasteiger partial charge in [-0.15, -0.1) is 0 Å². The normalized spacial score (nSPS) is 24.7. The van der Waals surface area contributed by atoms with Crippen molar-refractivity contribution < 1.29 is 13.9 Å². The molecule has 3 rings (SSSR count). The molecule has 0 aromatic heterocycles. The van der Waals surface area contributed by atoms with Crippen LogP contribution in [0.4, 0.5) is 4.39 Å². The molecule has 2 saturated heterocycles. The number of nitrogens with one attached hydrogen (secondary N) is 1. The molecule has 2 fully saturated rings. The third kappa shape index (κ3) is 2.27. The molecule has 1 N–H and O–H groups in total. The lowest BCUT2D eigenvalue weighted by Crippen LogP contribution is -2.42. The third-order valence-corrected chi connectivity index (χ3v) is 4.97. The Morgan fingerprint density at radius 2 is 2.35 bits per heavy atom. The van der Waals surface area contributed by atoms with E-state index in [-0.39, 0.29) is 41.1 Å². The molecule has 2 aliphatic rings. The van der Waals surface area contributed by atoms with Gasteiger partial charge < -0.3 is 4.74 Å². The average molecular weight is 315 g/mol. The highest BCUT2D eigenvalue weighted by atomic mass is 35.5. The summed E-state index contributed by atoms with van der Waals surface area (Å²) in [4.78, 5) is 13.7. The van der Waals surface area contributed by atoms with Crippen LogP contribution in [0.2, 0.25) is 5.02 Å². The highest BCUT2D eigenvalue weighted by Crippen LogP contribution is 2.32. The summed E-state index contributed by atoms with van der Waals surface area (Å²) in [6, 6.07) is 4.06. The SMILES string of the molecule is N=C1O[C@H]2CSC[C@H]2N1C(=O)Cc1c(F)cccc1Cl. The number of hydrogen-bond donors (Lipinski definition) is 1. The second-order valence-electron chi connectivity index (χ2n) is 4.71. The molecule has 2 atom stereocenters. The van der Waals surface area contributed by atoms with Gasteiger partial charge in [-0.2, -0.15) is 11.8 Å². The summed E-state index contributed by atoms with van der Waals surface area (Å²) >= 11 is 7.61. The Hall–Kier alpha value is -1.27. The van der Waals surface area contributed by atoms with Crippen molar-refractivity contribution in [3.05, 3.63) is 34.6 Å². The predicted octanol–water partition coefficient (Wildman–Crippen LogP) is 2.30. The van der Waals surface area contributed by atoms with Gasteiger partial charge in [0.1, 0.15) is 11.9 Å². The number of benzene rings is 1. The Kier molecular flexibility index (Phi) is 3.60. The number of fused-ring (bicyclic) bond motifs is 1. The summed E-state index contributed by atoms with van der Waals surface area (Å²) in [7, 11) is 0. The number of amidine groups is 1. The zero-order valence-corrected chi connectivity index (χ0v) is 12.0. The molecule has 2 heterocycles. The minimum atomic E-state index is -0.505. The molecule has 0 saturated carbocycles. The minimum absolute atomic E-state index is 0.118. The third-order valence-electron chi connectivity index (χ3n) is 3.47. The first-order chi connectivity index (χ1) is 9.58. The highest BCUT2D eigenvalue weighted by molar-refractivity contribution is 7.99. The van der Waals surface area contributed by atoms with Crippen LogP contribution in [0.25, 0.3) is 0 Å². The van der Waals surface area contributed by atoms with Gasteiger partial charge in [-0.25, -0.2) is 4.39 Å². The summed E-state index contributed by atoms with van der Waals surface area (Å²) in [6.45, 7) is 0. The fourth-order valence-corrected chi connectivity index (χ4v) is 3.96. The number of hydrogen-bond acceptors (Lipinski definition) is 4. The van der Waals surface area contributed by atoms with Crippen molar-refractivity contribution in [2.24, 2.45) is 0 Å². The lowest BCUT2D eigenvalue weighted by atomic mass is 10.1. The van der Waals surface area contributed by atoms with Gasteiger partial charge in [0.15, 0.2) is 0 Å². The van der Waals surface area contributed by atoms with E-state index in [1.165, 1.54) is 17.0 Å². The van der Waals surface area contributed by atoms with Crippen LogP contribution in [0.1, 0.15) is 5.56 Å². The highest BCUT2D eigenvalue weighted by Gasteiger charge is 2.46. The zero-order chi connectivity index (χ0) is 14.3. The maximum Gasteiger partial charge on any atom is 0.292 e. The van der Waals surface area contributed by atoms with Crippen LogP contribution >= 0.6 is 23.4 Å². The van der Waals surface area contributed by atoms with E-state index in [0.29, 0.717) is 0 Å². The van der Waals surface area contributed by atoms with Crippen molar-refractivity contribution in [2.45, 2.75) is 18.6 Å². The van der Waals surface area contributed by atoms with E-state index in [4.69, 9.17) is 21.7 Å². The largest absolute Gasteiger partial charge is 0.459 e. The van der Waals surface area contributed by atoms with Crippen LogP contribution in [0.15, 0.2) is 18.2 Å². The Bertz CT molecular complexity index is 563. The van der Waals surface area contributed by atoms with E-state index in [9.17, 15) is 9.18 Å². The number of thioether (sulfide) groups is 1. The summed E-state index contributed by atoms with van der Waals surface area (Å²) in [5.41, 5.74) is 0.168. The van der Waals surface area contributed by atoms with Crippen molar-refractivity contribution in [3.63, 3.8) is 0 Å². The van der Waals surface area contributed by atoms with Gasteiger partial charge in [-0.1, -0.05) is 17.7 Å². The molecule has 106 valence electrons. The molecular formula is C13H12ClFN2O2S. The van der Waals surface area contributed by atoms with Gasteiger partial charge in [0.2, 0.25) is 5.91 Å². The number of rotatable bonds is 2. The van der Waals surface area contributed by atoms with Gasteiger partial charge in [-0.05, 0) is 12.1 Å². The Morgan fingerprint density at radius 3 is 3.10 bits per heavy atom. The van der Waals surface area contributed by atoms with Crippen molar-refractivity contribution in [1.82, 2.24) is 4.90 Å². The molecule has 7 heteroatoms. The monoisotopic (exact) mass is 314 g/mol.